The van der Waals surface area contributed by atoms with Crippen LogP contribution in [0.25, 0.3) is 0 Å². The van der Waals surface area contributed by atoms with E-state index in [1.807, 2.05) is 60.7 Å². The molecular weight excluding hydrogens is 320 g/mol. The van der Waals surface area contributed by atoms with Gasteiger partial charge in [0.2, 0.25) is 0 Å². The van der Waals surface area contributed by atoms with E-state index in [4.69, 9.17) is 16.8 Å². The Kier molecular flexibility index (Phi) is 6.18. The van der Waals surface area contributed by atoms with Gasteiger partial charge < -0.3 is 16.8 Å². The molecule has 0 bridgehead atoms. The van der Waals surface area contributed by atoms with Gasteiger partial charge in [-0.05, 0) is 23.3 Å². The predicted octanol–water partition coefficient (Wildman–Crippen LogP) is 1.13. The Morgan fingerprint density at radius 3 is 1.57 bits per heavy atom. The highest BCUT2D eigenvalue weighted by molar-refractivity contribution is 7.76. The lowest BCUT2D eigenvalue weighted by atomic mass is 10.4. The summed E-state index contributed by atoms with van der Waals surface area (Å²) >= 11 is 4.12. The molecule has 7 heteroatoms. The topological polar surface area (TPSA) is 36.9 Å². The van der Waals surface area contributed by atoms with Crippen molar-refractivity contribution in [2.75, 3.05) is 14.2 Å². The van der Waals surface area contributed by atoms with Crippen LogP contribution in [0.1, 0.15) is 0 Å². The second-order valence-corrected chi connectivity index (χ2v) is 9.90. The van der Waals surface area contributed by atoms with E-state index in [1.165, 1.54) is 0 Å². The summed E-state index contributed by atoms with van der Waals surface area (Å²) in [6, 6.07) is 19.6. The predicted molar refractivity (Wildman–Crippen MR) is 90.2 cm³/mol. The molecule has 0 N–H and O–H groups in total. The van der Waals surface area contributed by atoms with Gasteiger partial charge in [-0.25, -0.2) is 0 Å². The Balaban J connectivity index is 2.51. The van der Waals surface area contributed by atoms with Crippen LogP contribution in [0.3, 0.4) is 0 Å². The monoisotopic (exact) mass is 338 g/mol. The van der Waals surface area contributed by atoms with E-state index in [1.54, 1.807) is 14.2 Å². The van der Waals surface area contributed by atoms with Crippen molar-refractivity contribution >= 4 is 41.4 Å². The van der Waals surface area contributed by atoms with Gasteiger partial charge >= 0.3 is 18.1 Å². The first-order valence-corrected chi connectivity index (χ1v) is 10.0. The largest absolute Gasteiger partial charge is 0.475 e. The second kappa shape index (κ2) is 7.90. The Hall–Kier alpha value is -0.936. The van der Waals surface area contributed by atoms with Crippen LogP contribution in [0.2, 0.25) is 0 Å². The average molecular weight is 339 g/mol. The summed E-state index contributed by atoms with van der Waals surface area (Å²) in [5, 5.41) is 1.91. The summed E-state index contributed by atoms with van der Waals surface area (Å²) in [6.45, 7) is 0. The smallest absolute Gasteiger partial charge is 0.388 e. The number of benzene rings is 2. The first-order chi connectivity index (χ1) is 10.3. The van der Waals surface area contributed by atoms with Crippen LogP contribution < -0.4 is 10.4 Å². The third-order valence-corrected chi connectivity index (χ3v) is 9.17. The average Bonchev–Trinajstić information content (AvgIpc) is 2.58. The molecule has 0 aliphatic rings. The van der Waals surface area contributed by atoms with E-state index >= 15 is 0 Å². The van der Waals surface area contributed by atoms with E-state index < -0.39 is 18.1 Å². The summed E-state index contributed by atoms with van der Waals surface area (Å²) in [7, 11) is -2.08. The third kappa shape index (κ3) is 3.64. The van der Waals surface area contributed by atoms with Crippen LogP contribution in [-0.4, -0.2) is 32.3 Å². The molecule has 112 valence electrons. The Labute approximate surface area is 133 Å². The van der Waals surface area contributed by atoms with Gasteiger partial charge in [-0.3, -0.25) is 0 Å². The maximum atomic E-state index is 6.19. The van der Waals surface area contributed by atoms with Crippen molar-refractivity contribution in [2.45, 2.75) is 0 Å². The van der Waals surface area contributed by atoms with Crippen molar-refractivity contribution in [1.29, 1.82) is 0 Å². The fraction of sp³-hybridized carbons (Fsp3) is 0.143. The maximum absolute atomic E-state index is 6.19. The minimum absolute atomic E-state index is 0.956. The number of thiol groups is 1. The minimum atomic E-state index is -2.95. The second-order valence-electron chi connectivity index (χ2n) is 4.32. The number of rotatable bonds is 7. The molecule has 0 aliphatic carbocycles. The Morgan fingerprint density at radius 2 is 1.24 bits per heavy atom. The molecule has 0 atom stereocenters. The lowest BCUT2D eigenvalue weighted by Gasteiger charge is -2.31. The zero-order chi connectivity index (χ0) is 15.1. The fourth-order valence-corrected chi connectivity index (χ4v) is 8.21. The quantitative estimate of drug-likeness (QED) is 0.467. The molecule has 0 spiro atoms. The molecule has 0 radical (unpaired) electrons. The van der Waals surface area contributed by atoms with E-state index in [0.717, 1.165) is 10.4 Å². The van der Waals surface area contributed by atoms with E-state index in [2.05, 4.69) is 12.9 Å². The molecule has 0 heterocycles. The zero-order valence-electron chi connectivity index (χ0n) is 11.9. The minimum Gasteiger partial charge on any atom is -0.388 e. The van der Waals surface area contributed by atoms with Gasteiger partial charge in [0.1, 0.15) is 0 Å². The van der Waals surface area contributed by atoms with Gasteiger partial charge in [0.05, 0.1) is 0 Å². The summed E-state index contributed by atoms with van der Waals surface area (Å²) < 4.78 is 22.5. The summed E-state index contributed by atoms with van der Waals surface area (Å²) in [6.07, 6.45) is 0. The molecule has 2 rings (SSSR count). The zero-order valence-corrected chi connectivity index (χ0v) is 15.0. The first kappa shape index (κ1) is 16.4. The van der Waals surface area contributed by atoms with Crippen molar-refractivity contribution < 1.29 is 16.8 Å². The molecule has 0 fully saturated rings. The summed E-state index contributed by atoms with van der Waals surface area (Å²) in [5.74, 6) is 0. The van der Waals surface area contributed by atoms with Crippen molar-refractivity contribution in [1.82, 2.24) is 0 Å². The van der Waals surface area contributed by atoms with Crippen molar-refractivity contribution in [3.63, 3.8) is 0 Å². The summed E-state index contributed by atoms with van der Waals surface area (Å²) in [4.78, 5) is 0. The molecule has 0 amide bonds. The lowest BCUT2D eigenvalue weighted by molar-refractivity contribution is 0.191. The number of hydrogen-bond donors (Lipinski definition) is 1. The highest BCUT2D eigenvalue weighted by atomic mass is 32.1. The molecule has 2 aromatic rings. The standard InChI is InChI=1S/C14H18O4SSi2/c1-15-20(16-2)18-21(17-19,13-9-5-3-6-10-13)14-11-7-4-8-12-14/h3-12,19-20H,1-2H3. The summed E-state index contributed by atoms with van der Waals surface area (Å²) in [5.41, 5.74) is 0. The number of hydrogen-bond acceptors (Lipinski definition) is 5. The van der Waals surface area contributed by atoms with Crippen molar-refractivity contribution in [3.8, 4) is 0 Å². The lowest BCUT2D eigenvalue weighted by Crippen LogP contribution is -2.64. The molecule has 2 aromatic carbocycles. The maximum Gasteiger partial charge on any atom is 0.475 e. The Bertz CT molecular complexity index is 498. The van der Waals surface area contributed by atoms with Crippen LogP contribution in [-0.2, 0) is 16.8 Å². The van der Waals surface area contributed by atoms with Gasteiger partial charge in [0.25, 0.3) is 0 Å². The SMILES string of the molecule is CO[SiH](OC)O[Si](OS)(c1ccccc1)c1ccccc1. The molecule has 0 aliphatic heterocycles. The van der Waals surface area contributed by atoms with Gasteiger partial charge in [0.15, 0.2) is 0 Å². The third-order valence-electron chi connectivity index (χ3n) is 3.08. The van der Waals surface area contributed by atoms with Crippen LogP contribution in [0.4, 0.5) is 0 Å². The van der Waals surface area contributed by atoms with Gasteiger partial charge in [-0.2, -0.15) is 0 Å². The van der Waals surface area contributed by atoms with Crippen LogP contribution in [0.15, 0.2) is 60.7 Å². The van der Waals surface area contributed by atoms with Crippen molar-refractivity contribution in [3.05, 3.63) is 60.7 Å². The van der Waals surface area contributed by atoms with Crippen LogP contribution in [0, 0.1) is 0 Å². The first-order valence-electron chi connectivity index (χ1n) is 6.44. The highest BCUT2D eigenvalue weighted by Crippen LogP contribution is 2.13. The molecule has 0 aromatic heterocycles. The van der Waals surface area contributed by atoms with Crippen LogP contribution in [0.5, 0.6) is 0 Å². The van der Waals surface area contributed by atoms with E-state index in [0.29, 0.717) is 0 Å². The molecule has 0 saturated heterocycles. The molecule has 21 heavy (non-hydrogen) atoms. The molecule has 0 saturated carbocycles. The van der Waals surface area contributed by atoms with E-state index in [-0.39, 0.29) is 0 Å². The Morgan fingerprint density at radius 1 is 0.810 bits per heavy atom. The van der Waals surface area contributed by atoms with Gasteiger partial charge in [0, 0.05) is 14.2 Å². The van der Waals surface area contributed by atoms with Crippen molar-refractivity contribution in [2.24, 2.45) is 0 Å². The normalized spacial score (nSPS) is 11.8. The molecule has 0 unspecified atom stereocenters. The fourth-order valence-electron chi connectivity index (χ4n) is 2.07. The van der Waals surface area contributed by atoms with Gasteiger partial charge in [-0.1, -0.05) is 60.7 Å². The van der Waals surface area contributed by atoms with Crippen LogP contribution >= 0.6 is 12.9 Å². The highest BCUT2D eigenvalue weighted by Gasteiger charge is 2.45. The van der Waals surface area contributed by atoms with E-state index in [9.17, 15) is 0 Å². The van der Waals surface area contributed by atoms with Gasteiger partial charge in [-0.15, -0.1) is 0 Å². The molecule has 4 nitrogen and oxygen atoms in total. The molecular formula is C14H18O4SSi2.